The van der Waals surface area contributed by atoms with E-state index < -0.39 is 0 Å². The molecule has 3 rings (SSSR count). The fraction of sp³-hybridized carbons (Fsp3) is 0.391. The maximum Gasteiger partial charge on any atom is 0.227 e. The Kier molecular flexibility index (Phi) is 9.55. The average molecular weight is 524 g/mol. The van der Waals surface area contributed by atoms with Crippen LogP contribution in [-0.2, 0) is 17.9 Å². The molecule has 0 saturated heterocycles. The van der Waals surface area contributed by atoms with Gasteiger partial charge in [-0.2, -0.15) is 0 Å². The second kappa shape index (κ2) is 11.9. The smallest absolute Gasteiger partial charge is 0.227 e. The number of rotatable bonds is 7. The zero-order valence-electron chi connectivity index (χ0n) is 17.5. The fourth-order valence-corrected chi connectivity index (χ4v) is 3.11. The highest BCUT2D eigenvalue weighted by molar-refractivity contribution is 14.0. The first-order valence-corrected chi connectivity index (χ1v) is 10.2. The molecular formula is C23H30FIN4O. The summed E-state index contributed by atoms with van der Waals surface area (Å²) in [5, 5.41) is 9.43. The average Bonchev–Trinajstić information content (AvgIpc) is 2.65. The molecule has 1 saturated carbocycles. The molecule has 1 aliphatic rings. The van der Waals surface area contributed by atoms with Crippen molar-refractivity contribution in [3.8, 4) is 0 Å². The third-order valence-electron chi connectivity index (χ3n) is 5.13. The van der Waals surface area contributed by atoms with Crippen molar-refractivity contribution in [2.45, 2.75) is 46.2 Å². The molecule has 1 amide bonds. The normalized spacial score (nSPS) is 13.8. The number of hydrogen-bond donors (Lipinski definition) is 3. The summed E-state index contributed by atoms with van der Waals surface area (Å²) in [5.41, 5.74) is 3.32. The Balaban J connectivity index is 0.00000320. The van der Waals surface area contributed by atoms with E-state index in [1.807, 2.05) is 37.3 Å². The predicted molar refractivity (Wildman–Crippen MR) is 131 cm³/mol. The number of nitrogens with one attached hydrogen (secondary N) is 3. The number of halogens is 2. The molecular weight excluding hydrogens is 494 g/mol. The summed E-state index contributed by atoms with van der Waals surface area (Å²) in [6.07, 6.45) is 3.11. The molecule has 0 unspecified atom stereocenters. The summed E-state index contributed by atoms with van der Waals surface area (Å²) in [7, 11) is 0. The van der Waals surface area contributed by atoms with E-state index in [1.54, 1.807) is 19.1 Å². The van der Waals surface area contributed by atoms with E-state index in [0.717, 1.165) is 42.6 Å². The second-order valence-electron chi connectivity index (χ2n) is 7.45. The highest BCUT2D eigenvalue weighted by atomic mass is 127. The highest BCUT2D eigenvalue weighted by Crippen LogP contribution is 2.27. The molecule has 0 aromatic heterocycles. The Labute approximate surface area is 195 Å². The Bertz CT molecular complexity index is 883. The van der Waals surface area contributed by atoms with E-state index in [2.05, 4.69) is 20.9 Å². The van der Waals surface area contributed by atoms with Gasteiger partial charge in [-0.1, -0.05) is 30.7 Å². The van der Waals surface area contributed by atoms with Crippen LogP contribution in [-0.4, -0.2) is 18.4 Å². The molecule has 1 fully saturated rings. The van der Waals surface area contributed by atoms with Crippen LogP contribution in [0.3, 0.4) is 0 Å². The molecule has 0 atom stereocenters. The summed E-state index contributed by atoms with van der Waals surface area (Å²) in [4.78, 5) is 16.7. The van der Waals surface area contributed by atoms with Gasteiger partial charge in [0.2, 0.25) is 5.91 Å². The number of amides is 1. The number of hydrogen-bond acceptors (Lipinski definition) is 2. The van der Waals surface area contributed by atoms with Gasteiger partial charge in [-0.25, -0.2) is 9.38 Å². The van der Waals surface area contributed by atoms with Crippen LogP contribution in [0.25, 0.3) is 0 Å². The van der Waals surface area contributed by atoms with Gasteiger partial charge >= 0.3 is 0 Å². The molecule has 162 valence electrons. The maximum atomic E-state index is 13.7. The minimum absolute atomic E-state index is 0. The van der Waals surface area contributed by atoms with Gasteiger partial charge in [-0.3, -0.25) is 4.79 Å². The lowest BCUT2D eigenvalue weighted by Gasteiger charge is -2.24. The minimum Gasteiger partial charge on any atom is -0.357 e. The van der Waals surface area contributed by atoms with E-state index in [1.165, 1.54) is 0 Å². The number of aliphatic imine (C=N–C) groups is 1. The van der Waals surface area contributed by atoms with Crippen LogP contribution in [0.1, 0.15) is 42.9 Å². The molecule has 0 spiro atoms. The zero-order chi connectivity index (χ0) is 20.6. The Morgan fingerprint density at radius 3 is 2.60 bits per heavy atom. The Morgan fingerprint density at radius 2 is 1.93 bits per heavy atom. The molecule has 0 heterocycles. The van der Waals surface area contributed by atoms with E-state index in [0.29, 0.717) is 24.6 Å². The molecule has 1 aliphatic carbocycles. The largest absolute Gasteiger partial charge is 0.357 e. The van der Waals surface area contributed by atoms with Crippen molar-refractivity contribution in [2.24, 2.45) is 10.9 Å². The van der Waals surface area contributed by atoms with Gasteiger partial charge in [0.15, 0.2) is 5.96 Å². The van der Waals surface area contributed by atoms with Crippen molar-refractivity contribution in [3.05, 3.63) is 65.0 Å². The van der Waals surface area contributed by atoms with E-state index in [4.69, 9.17) is 0 Å². The molecule has 3 N–H and O–H groups in total. The Morgan fingerprint density at radius 1 is 1.13 bits per heavy atom. The number of carbonyl (C=O) groups excluding carboxylic acids is 1. The van der Waals surface area contributed by atoms with E-state index in [9.17, 15) is 9.18 Å². The van der Waals surface area contributed by atoms with Crippen molar-refractivity contribution < 1.29 is 9.18 Å². The molecule has 0 bridgehead atoms. The zero-order valence-corrected chi connectivity index (χ0v) is 19.8. The van der Waals surface area contributed by atoms with Crippen LogP contribution in [0.2, 0.25) is 0 Å². The third-order valence-corrected chi connectivity index (χ3v) is 5.13. The van der Waals surface area contributed by atoms with Crippen molar-refractivity contribution in [3.63, 3.8) is 0 Å². The van der Waals surface area contributed by atoms with Gasteiger partial charge in [0.1, 0.15) is 5.82 Å². The quantitative estimate of drug-likeness (QED) is 0.279. The fourth-order valence-electron chi connectivity index (χ4n) is 3.11. The van der Waals surface area contributed by atoms with Crippen LogP contribution < -0.4 is 16.0 Å². The van der Waals surface area contributed by atoms with Gasteiger partial charge in [-0.05, 0) is 61.6 Å². The lowest BCUT2D eigenvalue weighted by Crippen LogP contribution is -2.36. The monoisotopic (exact) mass is 524 g/mol. The van der Waals surface area contributed by atoms with Crippen molar-refractivity contribution in [1.82, 2.24) is 10.6 Å². The lowest BCUT2D eigenvalue weighted by atomic mass is 9.85. The Hall–Kier alpha value is -2.16. The molecule has 7 heteroatoms. The molecule has 30 heavy (non-hydrogen) atoms. The minimum atomic E-state index is -0.202. The predicted octanol–water partition coefficient (Wildman–Crippen LogP) is 4.75. The van der Waals surface area contributed by atoms with Gasteiger partial charge < -0.3 is 16.0 Å². The number of aryl methyl sites for hydroxylation is 1. The highest BCUT2D eigenvalue weighted by Gasteiger charge is 2.25. The summed E-state index contributed by atoms with van der Waals surface area (Å²) >= 11 is 0. The number of benzene rings is 2. The van der Waals surface area contributed by atoms with Crippen molar-refractivity contribution in [2.75, 3.05) is 11.9 Å². The van der Waals surface area contributed by atoms with E-state index >= 15 is 0 Å². The van der Waals surface area contributed by atoms with Crippen LogP contribution in [0.5, 0.6) is 0 Å². The van der Waals surface area contributed by atoms with Gasteiger partial charge in [0, 0.05) is 24.7 Å². The summed E-state index contributed by atoms with van der Waals surface area (Å²) in [6, 6.07) is 13.0. The molecule has 2 aromatic rings. The number of nitrogens with zero attached hydrogens (tertiary/aromatic N) is 1. The van der Waals surface area contributed by atoms with Crippen LogP contribution in [0, 0.1) is 18.7 Å². The number of anilines is 1. The second-order valence-corrected chi connectivity index (χ2v) is 7.45. The number of guanidine groups is 1. The maximum absolute atomic E-state index is 13.7. The standard InChI is InChI=1S/C23H29FN4O.HI/c1-3-25-23(27-15-18-11-10-16(2)21(24)13-18)26-14-17-6-4-9-20(12-17)28-22(29)19-7-5-8-19;/h4,6,9-13,19H,3,5,7-8,14-15H2,1-2H3,(H,28,29)(H2,25,26,27);1H. The topological polar surface area (TPSA) is 65.5 Å². The third kappa shape index (κ3) is 6.97. The molecule has 0 aliphatic heterocycles. The molecule has 0 radical (unpaired) electrons. The first kappa shape index (κ1) is 24.1. The van der Waals surface area contributed by atoms with E-state index in [-0.39, 0.29) is 41.6 Å². The van der Waals surface area contributed by atoms with Gasteiger partial charge in [-0.15, -0.1) is 24.0 Å². The first-order chi connectivity index (χ1) is 14.0. The molecule has 2 aromatic carbocycles. The van der Waals surface area contributed by atoms with Gasteiger partial charge in [0.25, 0.3) is 0 Å². The van der Waals surface area contributed by atoms with Crippen molar-refractivity contribution in [1.29, 1.82) is 0 Å². The summed E-state index contributed by atoms with van der Waals surface area (Å²) < 4.78 is 13.7. The van der Waals surface area contributed by atoms with Crippen LogP contribution in [0.4, 0.5) is 10.1 Å². The van der Waals surface area contributed by atoms with Gasteiger partial charge in [0.05, 0.1) is 6.54 Å². The van der Waals surface area contributed by atoms with Crippen molar-refractivity contribution >= 4 is 41.5 Å². The number of carbonyl (C=O) groups is 1. The summed E-state index contributed by atoms with van der Waals surface area (Å²) in [5.74, 6) is 0.731. The SMILES string of the molecule is CCNC(=NCc1cccc(NC(=O)C2CCC2)c1)NCc1ccc(C)c(F)c1.I. The van der Waals surface area contributed by atoms with Crippen LogP contribution in [0.15, 0.2) is 47.5 Å². The summed E-state index contributed by atoms with van der Waals surface area (Å²) in [6.45, 7) is 5.44. The van der Waals surface area contributed by atoms with Crippen LogP contribution >= 0.6 is 24.0 Å². The molecule has 5 nitrogen and oxygen atoms in total. The lowest BCUT2D eigenvalue weighted by molar-refractivity contribution is -0.122. The first-order valence-electron chi connectivity index (χ1n) is 10.2.